The van der Waals surface area contributed by atoms with Crippen molar-refractivity contribution in [1.29, 1.82) is 0 Å². The average Bonchev–Trinajstić information content (AvgIpc) is 2.17. The lowest BCUT2D eigenvalue weighted by Crippen LogP contribution is -2.15. The second-order valence-corrected chi connectivity index (χ2v) is 3.29. The van der Waals surface area contributed by atoms with Gasteiger partial charge in [0.05, 0.1) is 6.61 Å². The third-order valence-electron chi connectivity index (χ3n) is 1.80. The van der Waals surface area contributed by atoms with Gasteiger partial charge in [-0.15, -0.1) is 0 Å². The van der Waals surface area contributed by atoms with Gasteiger partial charge in [0.2, 0.25) is 0 Å². The van der Waals surface area contributed by atoms with Gasteiger partial charge in [0.1, 0.15) is 5.75 Å². The highest BCUT2D eigenvalue weighted by molar-refractivity contribution is 6.30. The van der Waals surface area contributed by atoms with Crippen LogP contribution in [0, 0.1) is 0 Å². The molecule has 0 aromatic heterocycles. The molecule has 1 atom stereocenters. The van der Waals surface area contributed by atoms with E-state index in [0.29, 0.717) is 5.02 Å². The molecule has 1 unspecified atom stereocenters. The van der Waals surface area contributed by atoms with Gasteiger partial charge in [-0.25, -0.2) is 4.79 Å². The van der Waals surface area contributed by atoms with E-state index in [4.69, 9.17) is 11.6 Å². The Balaban J connectivity index is 2.91. The lowest BCUT2D eigenvalue weighted by molar-refractivity contribution is -0.153. The molecule has 0 amide bonds. The van der Waals surface area contributed by atoms with E-state index in [1.54, 1.807) is 6.92 Å². The molecular formula is C10H11ClO4. The number of halogens is 1. The van der Waals surface area contributed by atoms with Crippen LogP contribution in [0.25, 0.3) is 0 Å². The molecule has 0 saturated carbocycles. The van der Waals surface area contributed by atoms with E-state index in [2.05, 4.69) is 4.74 Å². The molecule has 0 radical (unpaired) electrons. The molecule has 0 bridgehead atoms. The summed E-state index contributed by atoms with van der Waals surface area (Å²) in [6.45, 7) is 1.80. The second kappa shape index (κ2) is 5.00. The van der Waals surface area contributed by atoms with Crippen molar-refractivity contribution in [2.45, 2.75) is 13.0 Å². The summed E-state index contributed by atoms with van der Waals surface area (Å²) in [6, 6.07) is 4.09. The van der Waals surface area contributed by atoms with Crippen LogP contribution in [0.3, 0.4) is 0 Å². The SMILES string of the molecule is CCOC(=O)C(O)c1ccc(Cl)cc1O. The van der Waals surface area contributed by atoms with Crippen molar-refractivity contribution in [3.63, 3.8) is 0 Å². The normalized spacial score (nSPS) is 12.2. The number of hydrogen-bond donors (Lipinski definition) is 2. The molecule has 2 N–H and O–H groups in total. The quantitative estimate of drug-likeness (QED) is 0.775. The molecule has 1 rings (SSSR count). The highest BCUT2D eigenvalue weighted by Gasteiger charge is 2.21. The average molecular weight is 231 g/mol. The standard InChI is InChI=1S/C10H11ClO4/c1-2-15-10(14)9(13)7-4-3-6(11)5-8(7)12/h3-5,9,12-13H,2H2,1H3. The molecule has 0 fully saturated rings. The minimum Gasteiger partial charge on any atom is -0.507 e. The Hall–Kier alpha value is -1.26. The molecule has 0 aliphatic rings. The Labute approximate surface area is 92.1 Å². The van der Waals surface area contributed by atoms with Gasteiger partial charge < -0.3 is 14.9 Å². The van der Waals surface area contributed by atoms with Crippen molar-refractivity contribution in [1.82, 2.24) is 0 Å². The van der Waals surface area contributed by atoms with Crippen LogP contribution in [0.4, 0.5) is 0 Å². The van der Waals surface area contributed by atoms with E-state index in [9.17, 15) is 15.0 Å². The number of carbonyl (C=O) groups is 1. The van der Waals surface area contributed by atoms with Gasteiger partial charge in [-0.2, -0.15) is 0 Å². The molecule has 1 aromatic rings. The van der Waals surface area contributed by atoms with Gasteiger partial charge in [0, 0.05) is 10.6 Å². The molecule has 15 heavy (non-hydrogen) atoms. The van der Waals surface area contributed by atoms with Gasteiger partial charge in [-0.05, 0) is 19.1 Å². The van der Waals surface area contributed by atoms with E-state index < -0.39 is 12.1 Å². The topological polar surface area (TPSA) is 66.8 Å². The van der Waals surface area contributed by atoms with Crippen molar-refractivity contribution in [2.75, 3.05) is 6.61 Å². The van der Waals surface area contributed by atoms with Crippen LogP contribution in [0.2, 0.25) is 5.02 Å². The Kier molecular flexibility index (Phi) is 3.94. The maximum atomic E-state index is 11.2. The summed E-state index contributed by atoms with van der Waals surface area (Å²) in [4.78, 5) is 11.2. The largest absolute Gasteiger partial charge is 0.507 e. The van der Waals surface area contributed by atoms with Crippen molar-refractivity contribution in [3.8, 4) is 5.75 Å². The van der Waals surface area contributed by atoms with E-state index in [-0.39, 0.29) is 17.9 Å². The number of benzene rings is 1. The van der Waals surface area contributed by atoms with Crippen molar-refractivity contribution in [3.05, 3.63) is 28.8 Å². The number of aromatic hydroxyl groups is 1. The van der Waals surface area contributed by atoms with Crippen LogP contribution in [-0.2, 0) is 9.53 Å². The lowest BCUT2D eigenvalue weighted by Gasteiger charge is -2.11. The third-order valence-corrected chi connectivity index (χ3v) is 2.03. The minimum atomic E-state index is -1.48. The number of hydrogen-bond acceptors (Lipinski definition) is 4. The first kappa shape index (κ1) is 11.8. The summed E-state index contributed by atoms with van der Waals surface area (Å²) < 4.78 is 4.61. The van der Waals surface area contributed by atoms with Crippen LogP contribution in [-0.4, -0.2) is 22.8 Å². The van der Waals surface area contributed by atoms with Crippen LogP contribution < -0.4 is 0 Å². The van der Waals surface area contributed by atoms with E-state index in [1.165, 1.54) is 18.2 Å². The number of esters is 1. The van der Waals surface area contributed by atoms with Crippen molar-refractivity contribution < 1.29 is 19.7 Å². The van der Waals surface area contributed by atoms with E-state index in [0.717, 1.165) is 0 Å². The number of ether oxygens (including phenoxy) is 1. The zero-order valence-electron chi connectivity index (χ0n) is 8.11. The summed E-state index contributed by atoms with van der Waals surface area (Å²) in [5.41, 5.74) is 0.0813. The highest BCUT2D eigenvalue weighted by Crippen LogP contribution is 2.27. The van der Waals surface area contributed by atoms with Crippen molar-refractivity contribution in [2.24, 2.45) is 0 Å². The minimum absolute atomic E-state index is 0.0813. The first-order valence-electron chi connectivity index (χ1n) is 4.39. The van der Waals surface area contributed by atoms with Crippen LogP contribution in [0.1, 0.15) is 18.6 Å². The van der Waals surface area contributed by atoms with E-state index >= 15 is 0 Å². The zero-order chi connectivity index (χ0) is 11.4. The first-order chi connectivity index (χ1) is 7.06. The molecule has 0 aliphatic heterocycles. The molecular weight excluding hydrogens is 220 g/mol. The van der Waals surface area contributed by atoms with Gasteiger partial charge in [-0.1, -0.05) is 17.7 Å². The predicted octanol–water partition coefficient (Wildman–Crippen LogP) is 1.64. The molecule has 0 saturated heterocycles. The summed E-state index contributed by atoms with van der Waals surface area (Å²) >= 11 is 5.60. The van der Waals surface area contributed by atoms with Gasteiger partial charge >= 0.3 is 5.97 Å². The summed E-state index contributed by atoms with van der Waals surface area (Å²) in [6.07, 6.45) is -1.48. The number of aliphatic hydroxyl groups is 1. The van der Waals surface area contributed by atoms with E-state index in [1.807, 2.05) is 0 Å². The highest BCUT2D eigenvalue weighted by atomic mass is 35.5. The van der Waals surface area contributed by atoms with Gasteiger partial charge in [0.25, 0.3) is 0 Å². The molecule has 4 nitrogen and oxygen atoms in total. The van der Waals surface area contributed by atoms with Crippen LogP contribution >= 0.6 is 11.6 Å². The maximum absolute atomic E-state index is 11.2. The number of phenols is 1. The Bertz CT molecular complexity index is 364. The Morgan fingerprint density at radius 3 is 2.80 bits per heavy atom. The summed E-state index contributed by atoms with van der Waals surface area (Å²) in [5, 5.41) is 19.3. The zero-order valence-corrected chi connectivity index (χ0v) is 8.86. The smallest absolute Gasteiger partial charge is 0.339 e. The number of carbonyl (C=O) groups excluding carboxylic acids is 1. The van der Waals surface area contributed by atoms with Crippen molar-refractivity contribution >= 4 is 17.6 Å². The molecule has 0 heterocycles. The molecule has 82 valence electrons. The molecule has 0 spiro atoms. The fourth-order valence-electron chi connectivity index (χ4n) is 1.10. The summed E-state index contributed by atoms with van der Waals surface area (Å²) in [5.74, 6) is -1.03. The molecule has 5 heteroatoms. The number of phenolic OH excluding ortho intramolecular Hbond substituents is 1. The maximum Gasteiger partial charge on any atom is 0.339 e. The molecule has 1 aromatic carbocycles. The van der Waals surface area contributed by atoms with Gasteiger partial charge in [-0.3, -0.25) is 0 Å². The number of rotatable bonds is 3. The lowest BCUT2D eigenvalue weighted by atomic mass is 10.1. The van der Waals surface area contributed by atoms with Gasteiger partial charge in [0.15, 0.2) is 6.10 Å². The predicted molar refractivity (Wildman–Crippen MR) is 54.7 cm³/mol. The second-order valence-electron chi connectivity index (χ2n) is 2.86. The first-order valence-corrected chi connectivity index (χ1v) is 4.77. The van der Waals surface area contributed by atoms with Crippen LogP contribution in [0.15, 0.2) is 18.2 Å². The third kappa shape index (κ3) is 2.84. The number of aliphatic hydroxyl groups excluding tert-OH is 1. The monoisotopic (exact) mass is 230 g/mol. The fourth-order valence-corrected chi connectivity index (χ4v) is 1.26. The van der Waals surface area contributed by atoms with Crippen LogP contribution in [0.5, 0.6) is 5.75 Å². The fraction of sp³-hybridized carbons (Fsp3) is 0.300. The summed E-state index contributed by atoms with van der Waals surface area (Å²) in [7, 11) is 0. The Morgan fingerprint density at radius 1 is 1.60 bits per heavy atom. The molecule has 0 aliphatic carbocycles. The Morgan fingerprint density at radius 2 is 2.27 bits per heavy atom.